The third kappa shape index (κ3) is 4.45. The zero-order valence-electron chi connectivity index (χ0n) is 11.0. The normalized spacial score (nSPS) is 19.4. The number of rotatable bonds is 5. The molecule has 0 bridgehead atoms. The minimum absolute atomic E-state index is 0.141. The lowest BCUT2D eigenvalue weighted by Crippen LogP contribution is -2.45. The molecule has 4 nitrogen and oxygen atoms in total. The Morgan fingerprint density at radius 2 is 2.47 bits per heavy atom. The molecular weight excluding hydrogens is 284 g/mol. The monoisotopic (exact) mass is 302 g/mol. The molecule has 0 aromatic carbocycles. The zero-order valence-corrected chi connectivity index (χ0v) is 12.6. The van der Waals surface area contributed by atoms with Gasteiger partial charge in [0.05, 0.1) is 24.1 Å². The molecule has 1 amide bonds. The van der Waals surface area contributed by atoms with Crippen molar-refractivity contribution in [2.24, 2.45) is 0 Å². The first-order chi connectivity index (χ1) is 9.19. The Bertz CT molecular complexity index is 419. The van der Waals surface area contributed by atoms with Crippen molar-refractivity contribution in [3.05, 3.63) is 21.3 Å². The van der Waals surface area contributed by atoms with E-state index < -0.39 is 0 Å². The van der Waals surface area contributed by atoms with Gasteiger partial charge in [-0.25, -0.2) is 0 Å². The number of carbonyl (C=O) groups is 1. The van der Waals surface area contributed by atoms with Crippen LogP contribution in [0.1, 0.15) is 18.2 Å². The fourth-order valence-corrected chi connectivity index (χ4v) is 3.20. The van der Waals surface area contributed by atoms with E-state index in [1.165, 1.54) is 11.3 Å². The maximum Gasteiger partial charge on any atom is 0.224 e. The van der Waals surface area contributed by atoms with Crippen LogP contribution >= 0.6 is 22.9 Å². The van der Waals surface area contributed by atoms with Crippen LogP contribution in [0.5, 0.6) is 0 Å². The van der Waals surface area contributed by atoms with Crippen LogP contribution < -0.4 is 5.32 Å². The fourth-order valence-electron chi connectivity index (χ4n) is 2.09. The minimum atomic E-state index is 0.141. The molecule has 106 valence electrons. The number of hydrogen-bond acceptors (Lipinski definition) is 4. The molecule has 0 spiro atoms. The number of nitrogens with zero attached hydrogens (tertiary/aromatic N) is 1. The van der Waals surface area contributed by atoms with Crippen LogP contribution in [-0.4, -0.2) is 43.2 Å². The Balaban J connectivity index is 1.87. The van der Waals surface area contributed by atoms with Crippen LogP contribution in [0.4, 0.5) is 0 Å². The van der Waals surface area contributed by atoms with Gasteiger partial charge in [0.15, 0.2) is 0 Å². The van der Waals surface area contributed by atoms with Crippen molar-refractivity contribution in [1.82, 2.24) is 10.2 Å². The number of carbonyl (C=O) groups excluding carboxylic acids is 1. The van der Waals surface area contributed by atoms with Crippen LogP contribution in [0.2, 0.25) is 4.34 Å². The van der Waals surface area contributed by atoms with E-state index >= 15 is 0 Å². The van der Waals surface area contributed by atoms with Crippen LogP contribution in [0, 0.1) is 0 Å². The molecule has 0 aliphatic carbocycles. The first kappa shape index (κ1) is 14.8. The quantitative estimate of drug-likeness (QED) is 0.906. The molecule has 0 saturated carbocycles. The predicted octanol–water partition coefficient (Wildman–Crippen LogP) is 2.13. The van der Waals surface area contributed by atoms with Gasteiger partial charge in [0, 0.05) is 30.4 Å². The van der Waals surface area contributed by atoms with Gasteiger partial charge in [-0.05, 0) is 19.1 Å². The van der Waals surface area contributed by atoms with Gasteiger partial charge in [-0.3, -0.25) is 4.79 Å². The summed E-state index contributed by atoms with van der Waals surface area (Å²) in [5.74, 6) is 0.162. The lowest BCUT2D eigenvalue weighted by molar-refractivity contribution is -0.132. The third-order valence-corrected chi connectivity index (χ3v) is 4.35. The molecule has 1 N–H and O–H groups in total. The van der Waals surface area contributed by atoms with Crippen molar-refractivity contribution in [3.63, 3.8) is 0 Å². The molecule has 1 aromatic heterocycles. The molecule has 2 rings (SSSR count). The van der Waals surface area contributed by atoms with Crippen molar-refractivity contribution in [2.45, 2.75) is 25.9 Å². The summed E-state index contributed by atoms with van der Waals surface area (Å²) in [6, 6.07) is 3.99. The van der Waals surface area contributed by atoms with E-state index in [4.69, 9.17) is 16.3 Å². The van der Waals surface area contributed by atoms with E-state index in [0.717, 1.165) is 22.4 Å². The number of amides is 1. The highest BCUT2D eigenvalue weighted by Crippen LogP contribution is 2.23. The first-order valence-electron chi connectivity index (χ1n) is 6.52. The molecule has 1 saturated heterocycles. The molecule has 1 aliphatic heterocycles. The second kappa shape index (κ2) is 7.24. The maximum atomic E-state index is 12.3. The van der Waals surface area contributed by atoms with Crippen LogP contribution in [0.15, 0.2) is 12.1 Å². The second-order valence-electron chi connectivity index (χ2n) is 4.54. The van der Waals surface area contributed by atoms with Gasteiger partial charge in [-0.1, -0.05) is 11.6 Å². The summed E-state index contributed by atoms with van der Waals surface area (Å²) in [6.07, 6.45) is 0.493. The molecule has 1 fully saturated rings. The van der Waals surface area contributed by atoms with Gasteiger partial charge in [0.25, 0.3) is 0 Å². The number of nitrogens with one attached hydrogen (secondary N) is 1. The topological polar surface area (TPSA) is 41.6 Å². The maximum absolute atomic E-state index is 12.3. The van der Waals surface area contributed by atoms with Gasteiger partial charge in [-0.15, -0.1) is 11.3 Å². The highest BCUT2D eigenvalue weighted by molar-refractivity contribution is 7.16. The Labute approximate surface area is 122 Å². The molecule has 1 aliphatic rings. The van der Waals surface area contributed by atoms with Gasteiger partial charge in [-0.2, -0.15) is 0 Å². The number of hydrogen-bond donors (Lipinski definition) is 1. The van der Waals surface area contributed by atoms with E-state index in [-0.39, 0.29) is 11.9 Å². The third-order valence-electron chi connectivity index (χ3n) is 3.13. The van der Waals surface area contributed by atoms with Crippen molar-refractivity contribution in [2.75, 3.05) is 26.3 Å². The first-order valence-corrected chi connectivity index (χ1v) is 7.71. The average molecular weight is 303 g/mol. The minimum Gasteiger partial charge on any atom is -0.378 e. The van der Waals surface area contributed by atoms with Crippen molar-refractivity contribution < 1.29 is 9.53 Å². The van der Waals surface area contributed by atoms with E-state index in [2.05, 4.69) is 5.32 Å². The smallest absolute Gasteiger partial charge is 0.224 e. The summed E-state index contributed by atoms with van der Waals surface area (Å²) in [5.41, 5.74) is 0. The zero-order chi connectivity index (χ0) is 13.7. The van der Waals surface area contributed by atoms with Crippen LogP contribution in [0.25, 0.3) is 0 Å². The highest BCUT2D eigenvalue weighted by Gasteiger charge is 2.20. The predicted molar refractivity (Wildman–Crippen MR) is 77.6 cm³/mol. The van der Waals surface area contributed by atoms with Gasteiger partial charge >= 0.3 is 0 Å². The highest BCUT2D eigenvalue weighted by atomic mass is 35.5. The van der Waals surface area contributed by atoms with E-state index in [1.54, 1.807) is 0 Å². The van der Waals surface area contributed by atoms with Gasteiger partial charge < -0.3 is 15.0 Å². The summed E-state index contributed by atoms with van der Waals surface area (Å²) < 4.78 is 6.13. The summed E-state index contributed by atoms with van der Waals surface area (Å²) in [5, 5.41) is 3.31. The number of thiophene rings is 1. The van der Waals surface area contributed by atoms with Gasteiger partial charge in [0.1, 0.15) is 0 Å². The Kier molecular flexibility index (Phi) is 5.63. The van der Waals surface area contributed by atoms with E-state index in [9.17, 15) is 4.79 Å². The van der Waals surface area contributed by atoms with E-state index in [1.807, 2.05) is 24.0 Å². The van der Waals surface area contributed by atoms with Crippen molar-refractivity contribution in [3.8, 4) is 0 Å². The molecule has 1 unspecified atom stereocenters. The standard InChI is InChI=1S/C13H19ClN2O2S/c1-2-16(8-11-3-4-12(14)19-11)13(17)7-10-9-18-6-5-15-10/h3-4,10,15H,2,5-9H2,1H3. The molecule has 6 heteroatoms. The number of ether oxygens (including phenoxy) is 1. The SMILES string of the molecule is CCN(Cc1ccc(Cl)s1)C(=O)CC1COCCN1. The van der Waals surface area contributed by atoms with Crippen LogP contribution in [0.3, 0.4) is 0 Å². The molecule has 2 heterocycles. The van der Waals surface area contributed by atoms with Crippen molar-refractivity contribution in [1.29, 1.82) is 0 Å². The number of halogens is 1. The Morgan fingerprint density at radius 1 is 1.63 bits per heavy atom. The summed E-state index contributed by atoms with van der Waals surface area (Å²) in [7, 11) is 0. The largest absolute Gasteiger partial charge is 0.378 e. The Morgan fingerprint density at radius 3 is 3.05 bits per heavy atom. The van der Waals surface area contributed by atoms with Crippen LogP contribution in [-0.2, 0) is 16.1 Å². The molecule has 1 atom stereocenters. The van der Waals surface area contributed by atoms with Crippen molar-refractivity contribution >= 4 is 28.8 Å². The average Bonchev–Trinajstić information content (AvgIpc) is 2.82. The lowest BCUT2D eigenvalue weighted by Gasteiger charge is -2.26. The molecule has 0 radical (unpaired) electrons. The molecule has 1 aromatic rings. The molecule has 19 heavy (non-hydrogen) atoms. The lowest BCUT2D eigenvalue weighted by atomic mass is 10.2. The summed E-state index contributed by atoms with van der Waals surface area (Å²) in [4.78, 5) is 15.2. The van der Waals surface area contributed by atoms with Gasteiger partial charge in [0.2, 0.25) is 5.91 Å². The second-order valence-corrected chi connectivity index (χ2v) is 6.34. The fraction of sp³-hybridized carbons (Fsp3) is 0.615. The number of morpholine rings is 1. The summed E-state index contributed by atoms with van der Waals surface area (Å²) >= 11 is 7.44. The summed E-state index contributed by atoms with van der Waals surface area (Å²) in [6.45, 7) is 5.52. The molecular formula is C13H19ClN2O2S. The van der Waals surface area contributed by atoms with E-state index in [0.29, 0.717) is 26.1 Å². The Hall–Kier alpha value is -0.620.